The zero-order chi connectivity index (χ0) is 15.6. The van der Waals surface area contributed by atoms with Crippen LogP contribution in [0.3, 0.4) is 0 Å². The van der Waals surface area contributed by atoms with Gasteiger partial charge in [0.05, 0.1) is 15.5 Å². The molecule has 1 atom stereocenters. The fraction of sp³-hybridized carbons (Fsp3) is 0.500. The second-order valence-electron chi connectivity index (χ2n) is 5.49. The van der Waals surface area contributed by atoms with E-state index in [1.807, 2.05) is 0 Å². The minimum absolute atomic E-state index is 0.0174. The van der Waals surface area contributed by atoms with Crippen LogP contribution in [0.1, 0.15) is 36.5 Å². The number of carbonyl (C=O) groups excluding carboxylic acids is 1. The predicted molar refractivity (Wildman–Crippen MR) is 81.7 cm³/mol. The van der Waals surface area contributed by atoms with Crippen molar-refractivity contribution < 1.29 is 13.2 Å². The summed E-state index contributed by atoms with van der Waals surface area (Å²) in [5, 5.41) is 5.30. The molecule has 7 heteroatoms. The Morgan fingerprint density at radius 2 is 2.05 bits per heavy atom. The van der Waals surface area contributed by atoms with E-state index in [1.165, 1.54) is 18.2 Å². The largest absolute Gasteiger partial charge is 0.339 e. The van der Waals surface area contributed by atoms with Crippen molar-refractivity contribution >= 4 is 27.5 Å². The summed E-state index contributed by atoms with van der Waals surface area (Å²) in [6.45, 7) is 3.37. The summed E-state index contributed by atoms with van der Waals surface area (Å²) in [5.74, 6) is 0.200. The van der Waals surface area contributed by atoms with E-state index in [0.717, 1.165) is 19.3 Å². The molecular weight excluding hydrogens is 312 g/mol. The summed E-state index contributed by atoms with van der Waals surface area (Å²) in [6, 6.07) is 4.29. The molecule has 0 radical (unpaired) electrons. The van der Waals surface area contributed by atoms with Crippen LogP contribution in [0, 0.1) is 5.92 Å². The standard InChI is InChI=1S/C14H19ClN2O3S/c1-10-4-3-8-17(9-7-10)14(18)13-11(15)5-2-6-12(13)21(16,19)20/h2,5-6,10H,3-4,7-9H2,1H3,(H2,16,19,20). The van der Waals surface area contributed by atoms with Gasteiger partial charge in [-0.1, -0.05) is 24.6 Å². The van der Waals surface area contributed by atoms with Crippen LogP contribution in [0.5, 0.6) is 0 Å². The van der Waals surface area contributed by atoms with Crippen molar-refractivity contribution in [3.8, 4) is 0 Å². The Bertz CT molecular complexity index is 646. The Labute approximate surface area is 130 Å². The van der Waals surface area contributed by atoms with Crippen molar-refractivity contribution in [3.63, 3.8) is 0 Å². The first-order valence-corrected chi connectivity index (χ1v) is 8.83. The minimum atomic E-state index is -3.99. The van der Waals surface area contributed by atoms with Gasteiger partial charge in [0.1, 0.15) is 0 Å². The zero-order valence-corrected chi connectivity index (χ0v) is 13.5. The van der Waals surface area contributed by atoms with Gasteiger partial charge < -0.3 is 4.90 Å². The minimum Gasteiger partial charge on any atom is -0.339 e. The Hall–Kier alpha value is -1.11. The molecule has 116 valence electrons. The number of rotatable bonds is 2. The van der Waals surface area contributed by atoms with Crippen LogP contribution in [-0.4, -0.2) is 32.3 Å². The summed E-state index contributed by atoms with van der Waals surface area (Å²) in [6.07, 6.45) is 2.87. The number of halogens is 1. The van der Waals surface area contributed by atoms with Gasteiger partial charge >= 0.3 is 0 Å². The number of likely N-dealkylation sites (tertiary alicyclic amines) is 1. The molecule has 0 bridgehead atoms. The molecule has 1 aliphatic rings. The fourth-order valence-electron chi connectivity index (χ4n) is 2.57. The average Bonchev–Trinajstić information content (AvgIpc) is 2.61. The van der Waals surface area contributed by atoms with Gasteiger partial charge in [-0.3, -0.25) is 4.79 Å². The summed E-state index contributed by atoms with van der Waals surface area (Å²) < 4.78 is 23.3. The molecule has 1 aromatic rings. The van der Waals surface area contributed by atoms with Crippen molar-refractivity contribution in [2.24, 2.45) is 11.1 Å². The van der Waals surface area contributed by atoms with E-state index in [0.29, 0.717) is 19.0 Å². The Morgan fingerprint density at radius 3 is 2.71 bits per heavy atom. The number of hydrogen-bond donors (Lipinski definition) is 1. The second-order valence-corrected chi connectivity index (χ2v) is 7.42. The SMILES string of the molecule is CC1CCCN(C(=O)c2c(Cl)cccc2S(N)(=O)=O)CC1. The smallest absolute Gasteiger partial charge is 0.256 e. The first kappa shape index (κ1) is 16.3. The van der Waals surface area contributed by atoms with Gasteiger partial charge in [0, 0.05) is 13.1 Å². The number of benzene rings is 1. The normalized spacial score (nSPS) is 20.1. The van der Waals surface area contributed by atoms with Gasteiger partial charge in [-0.2, -0.15) is 0 Å². The predicted octanol–water partition coefficient (Wildman–Crippen LogP) is 2.25. The topological polar surface area (TPSA) is 80.5 Å². The van der Waals surface area contributed by atoms with Crippen LogP contribution in [-0.2, 0) is 10.0 Å². The van der Waals surface area contributed by atoms with Crippen molar-refractivity contribution in [1.82, 2.24) is 4.90 Å². The van der Waals surface area contributed by atoms with E-state index in [2.05, 4.69) is 6.92 Å². The maximum atomic E-state index is 12.7. The summed E-state index contributed by atoms with van der Waals surface area (Å²) in [4.78, 5) is 14.1. The average molecular weight is 331 g/mol. The maximum absolute atomic E-state index is 12.7. The highest BCUT2D eigenvalue weighted by atomic mass is 35.5. The van der Waals surface area contributed by atoms with Gasteiger partial charge in [-0.25, -0.2) is 13.6 Å². The molecule has 2 rings (SSSR count). The number of primary sulfonamides is 1. The summed E-state index contributed by atoms with van der Waals surface area (Å²) in [5.41, 5.74) is -0.0174. The monoisotopic (exact) mass is 330 g/mol. The van der Waals surface area contributed by atoms with Crippen LogP contribution in [0.4, 0.5) is 0 Å². The highest BCUT2D eigenvalue weighted by Gasteiger charge is 2.27. The number of nitrogens with zero attached hydrogens (tertiary/aromatic N) is 1. The Balaban J connectivity index is 2.39. The molecule has 2 N–H and O–H groups in total. The molecule has 0 aliphatic carbocycles. The summed E-state index contributed by atoms with van der Waals surface area (Å²) in [7, 11) is -3.99. The number of hydrogen-bond acceptors (Lipinski definition) is 3. The molecule has 21 heavy (non-hydrogen) atoms. The molecular formula is C14H19ClN2O3S. The lowest BCUT2D eigenvalue weighted by molar-refractivity contribution is 0.0756. The van der Waals surface area contributed by atoms with E-state index >= 15 is 0 Å². The third-order valence-corrected chi connectivity index (χ3v) is 5.07. The van der Waals surface area contributed by atoms with Gasteiger partial charge in [-0.05, 0) is 37.3 Å². The molecule has 1 aromatic carbocycles. The van der Waals surface area contributed by atoms with Crippen molar-refractivity contribution in [2.75, 3.05) is 13.1 Å². The van der Waals surface area contributed by atoms with Crippen molar-refractivity contribution in [2.45, 2.75) is 31.1 Å². The van der Waals surface area contributed by atoms with E-state index in [4.69, 9.17) is 16.7 Å². The van der Waals surface area contributed by atoms with Gasteiger partial charge in [0.2, 0.25) is 10.0 Å². The van der Waals surface area contributed by atoms with Crippen LogP contribution >= 0.6 is 11.6 Å². The molecule has 1 aliphatic heterocycles. The molecule has 0 spiro atoms. The van der Waals surface area contributed by atoms with Gasteiger partial charge in [0.25, 0.3) is 5.91 Å². The lowest BCUT2D eigenvalue weighted by Crippen LogP contribution is -2.33. The van der Waals surface area contributed by atoms with Crippen LogP contribution in [0.15, 0.2) is 23.1 Å². The van der Waals surface area contributed by atoms with Crippen LogP contribution in [0.25, 0.3) is 0 Å². The van der Waals surface area contributed by atoms with Crippen molar-refractivity contribution in [3.05, 3.63) is 28.8 Å². The first-order chi connectivity index (χ1) is 9.80. The van der Waals surface area contributed by atoms with Gasteiger partial charge in [-0.15, -0.1) is 0 Å². The molecule has 1 fully saturated rings. The molecule has 1 unspecified atom stereocenters. The Kier molecular flexibility index (Phi) is 4.91. The summed E-state index contributed by atoms with van der Waals surface area (Å²) >= 11 is 6.05. The zero-order valence-electron chi connectivity index (χ0n) is 11.9. The van der Waals surface area contributed by atoms with E-state index in [1.54, 1.807) is 4.90 Å². The highest BCUT2D eigenvalue weighted by Crippen LogP contribution is 2.26. The molecule has 1 heterocycles. The molecule has 0 aromatic heterocycles. The second kappa shape index (κ2) is 6.34. The fourth-order valence-corrected chi connectivity index (χ4v) is 3.63. The van der Waals surface area contributed by atoms with Crippen LogP contribution in [0.2, 0.25) is 5.02 Å². The third-order valence-electron chi connectivity index (χ3n) is 3.80. The van der Waals surface area contributed by atoms with Gasteiger partial charge in [0.15, 0.2) is 0 Å². The van der Waals surface area contributed by atoms with Crippen molar-refractivity contribution in [1.29, 1.82) is 0 Å². The number of amides is 1. The number of nitrogens with two attached hydrogens (primary N) is 1. The molecule has 5 nitrogen and oxygen atoms in total. The van der Waals surface area contributed by atoms with E-state index < -0.39 is 10.0 Å². The lowest BCUT2D eigenvalue weighted by Gasteiger charge is -2.22. The Morgan fingerprint density at radius 1 is 1.33 bits per heavy atom. The quantitative estimate of drug-likeness (QED) is 0.903. The number of carbonyl (C=O) groups is 1. The van der Waals surface area contributed by atoms with E-state index in [-0.39, 0.29) is 21.4 Å². The van der Waals surface area contributed by atoms with Crippen LogP contribution < -0.4 is 5.14 Å². The maximum Gasteiger partial charge on any atom is 0.256 e. The highest BCUT2D eigenvalue weighted by molar-refractivity contribution is 7.89. The van der Waals surface area contributed by atoms with E-state index in [9.17, 15) is 13.2 Å². The first-order valence-electron chi connectivity index (χ1n) is 6.91. The molecule has 1 saturated heterocycles. The molecule has 1 amide bonds. The molecule has 0 saturated carbocycles. The number of sulfonamides is 1. The lowest BCUT2D eigenvalue weighted by atomic mass is 10.0. The third kappa shape index (κ3) is 3.75.